The SMILES string of the molecule is CC1C(=O)OC(C(Cl)(Cl)Cl)N1C. The Labute approximate surface area is 85.5 Å². The number of alkyl halides is 3. The Morgan fingerprint density at radius 2 is 2.00 bits per heavy atom. The number of halogens is 3. The Kier molecular flexibility index (Phi) is 2.78. The monoisotopic (exact) mass is 231 g/mol. The molecule has 0 amide bonds. The minimum Gasteiger partial charge on any atom is -0.440 e. The summed E-state index contributed by atoms with van der Waals surface area (Å²) in [4.78, 5) is 12.6. The predicted octanol–water partition coefficient (Wildman–Crippen LogP) is 1.56. The van der Waals surface area contributed by atoms with Crippen molar-refractivity contribution in [3.05, 3.63) is 0 Å². The van der Waals surface area contributed by atoms with Gasteiger partial charge >= 0.3 is 5.97 Å². The Balaban J connectivity index is 2.78. The molecule has 2 unspecified atom stereocenters. The molecule has 1 aliphatic heterocycles. The second-order valence-corrected chi connectivity index (χ2v) is 5.04. The molecule has 0 aromatic carbocycles. The first-order valence-electron chi connectivity index (χ1n) is 3.33. The number of nitrogens with zero attached hydrogens (tertiary/aromatic N) is 1. The van der Waals surface area contributed by atoms with Crippen LogP contribution in [0, 0.1) is 0 Å². The van der Waals surface area contributed by atoms with Gasteiger partial charge in [-0.25, -0.2) is 0 Å². The summed E-state index contributed by atoms with van der Waals surface area (Å²) in [5.41, 5.74) is 0. The number of hydrogen-bond acceptors (Lipinski definition) is 3. The summed E-state index contributed by atoms with van der Waals surface area (Å²) in [7, 11) is 1.67. The standard InChI is InChI=1S/C6H8Cl3NO2/c1-3-4(11)12-5(10(3)2)6(7,8)9/h3,5H,1-2H3. The van der Waals surface area contributed by atoms with Crippen LogP contribution in [0.25, 0.3) is 0 Å². The molecule has 3 nitrogen and oxygen atoms in total. The van der Waals surface area contributed by atoms with Crippen molar-refractivity contribution < 1.29 is 9.53 Å². The zero-order valence-electron chi connectivity index (χ0n) is 6.55. The fourth-order valence-corrected chi connectivity index (χ4v) is 1.55. The molecule has 12 heavy (non-hydrogen) atoms. The zero-order chi connectivity index (χ0) is 9.52. The molecule has 6 heteroatoms. The zero-order valence-corrected chi connectivity index (χ0v) is 8.82. The van der Waals surface area contributed by atoms with Crippen LogP contribution < -0.4 is 0 Å². The third kappa shape index (κ3) is 1.79. The Hall–Kier alpha value is 0.300. The molecule has 0 N–H and O–H groups in total. The van der Waals surface area contributed by atoms with Crippen molar-refractivity contribution in [2.24, 2.45) is 0 Å². The molecule has 0 bridgehead atoms. The number of likely N-dealkylation sites (N-methyl/N-ethyl adjacent to an activating group) is 1. The first kappa shape index (κ1) is 10.4. The van der Waals surface area contributed by atoms with Crippen molar-refractivity contribution in [3.63, 3.8) is 0 Å². The lowest BCUT2D eigenvalue weighted by molar-refractivity contribution is -0.142. The van der Waals surface area contributed by atoms with Crippen LogP contribution in [-0.2, 0) is 9.53 Å². The van der Waals surface area contributed by atoms with E-state index < -0.39 is 10.0 Å². The Bertz CT molecular complexity index is 203. The van der Waals surface area contributed by atoms with E-state index in [1.165, 1.54) is 0 Å². The van der Waals surface area contributed by atoms with Crippen molar-refractivity contribution in [3.8, 4) is 0 Å². The maximum atomic E-state index is 11.0. The van der Waals surface area contributed by atoms with Gasteiger partial charge in [-0.05, 0) is 14.0 Å². The van der Waals surface area contributed by atoms with Gasteiger partial charge < -0.3 is 4.74 Å². The molecule has 0 saturated carbocycles. The molecule has 2 atom stereocenters. The summed E-state index contributed by atoms with van der Waals surface area (Å²) in [5.74, 6) is -0.367. The van der Waals surface area contributed by atoms with Crippen LogP contribution in [-0.4, -0.2) is 34.0 Å². The normalized spacial score (nSPS) is 32.2. The highest BCUT2D eigenvalue weighted by Gasteiger charge is 2.47. The molecular formula is C6H8Cl3NO2. The lowest BCUT2D eigenvalue weighted by atomic mass is 10.3. The third-order valence-electron chi connectivity index (χ3n) is 1.83. The van der Waals surface area contributed by atoms with Gasteiger partial charge in [0.1, 0.15) is 6.04 Å². The first-order valence-corrected chi connectivity index (χ1v) is 4.46. The number of esters is 1. The summed E-state index contributed by atoms with van der Waals surface area (Å²) in [6, 6.07) is -0.356. The molecule has 0 aliphatic carbocycles. The van der Waals surface area contributed by atoms with Gasteiger partial charge in [0.15, 0.2) is 0 Å². The van der Waals surface area contributed by atoms with Gasteiger partial charge in [-0.1, -0.05) is 34.8 Å². The van der Waals surface area contributed by atoms with E-state index in [-0.39, 0.29) is 12.0 Å². The smallest absolute Gasteiger partial charge is 0.324 e. The van der Waals surface area contributed by atoms with Gasteiger partial charge in [-0.3, -0.25) is 9.69 Å². The molecule has 1 saturated heterocycles. The van der Waals surface area contributed by atoms with Crippen LogP contribution in [0.5, 0.6) is 0 Å². The molecule has 70 valence electrons. The Morgan fingerprint density at radius 1 is 1.50 bits per heavy atom. The molecule has 1 heterocycles. The highest BCUT2D eigenvalue weighted by Crippen LogP contribution is 2.37. The van der Waals surface area contributed by atoms with Crippen LogP contribution in [0.4, 0.5) is 0 Å². The topological polar surface area (TPSA) is 29.5 Å². The number of carbonyl (C=O) groups is 1. The molecular weight excluding hydrogens is 224 g/mol. The van der Waals surface area contributed by atoms with Crippen LogP contribution in [0.1, 0.15) is 6.92 Å². The molecule has 0 radical (unpaired) electrons. The van der Waals surface area contributed by atoms with Crippen molar-refractivity contribution in [1.29, 1.82) is 0 Å². The third-order valence-corrected chi connectivity index (χ3v) is 2.39. The van der Waals surface area contributed by atoms with Gasteiger partial charge in [-0.2, -0.15) is 0 Å². The number of cyclic esters (lactones) is 1. The highest BCUT2D eigenvalue weighted by molar-refractivity contribution is 6.68. The van der Waals surface area contributed by atoms with E-state index >= 15 is 0 Å². The summed E-state index contributed by atoms with van der Waals surface area (Å²) in [6.45, 7) is 1.69. The van der Waals surface area contributed by atoms with Crippen LogP contribution >= 0.6 is 34.8 Å². The number of rotatable bonds is 0. The lowest BCUT2D eigenvalue weighted by Gasteiger charge is -2.24. The predicted molar refractivity (Wildman–Crippen MR) is 47.4 cm³/mol. The second-order valence-electron chi connectivity index (χ2n) is 2.67. The fraction of sp³-hybridized carbons (Fsp3) is 0.833. The Morgan fingerprint density at radius 3 is 2.17 bits per heavy atom. The van der Waals surface area contributed by atoms with E-state index in [2.05, 4.69) is 0 Å². The first-order chi connectivity index (χ1) is 5.34. The van der Waals surface area contributed by atoms with Crippen LogP contribution in [0.2, 0.25) is 0 Å². The van der Waals surface area contributed by atoms with Gasteiger partial charge in [0.25, 0.3) is 0 Å². The quantitative estimate of drug-likeness (QED) is 0.469. The minimum absolute atomic E-state index is 0.356. The summed E-state index contributed by atoms with van der Waals surface area (Å²) >= 11 is 16.7. The fourth-order valence-electron chi connectivity index (χ4n) is 0.959. The lowest BCUT2D eigenvalue weighted by Crippen LogP contribution is -2.40. The number of ether oxygens (including phenoxy) is 1. The van der Waals surface area contributed by atoms with Crippen molar-refractivity contribution in [2.45, 2.75) is 23.0 Å². The van der Waals surface area contributed by atoms with Crippen LogP contribution in [0.15, 0.2) is 0 Å². The molecule has 1 rings (SSSR count). The molecule has 0 aromatic rings. The molecule has 1 fully saturated rings. The van der Waals surface area contributed by atoms with Gasteiger partial charge in [0.2, 0.25) is 10.0 Å². The van der Waals surface area contributed by atoms with E-state index in [0.717, 1.165) is 0 Å². The number of carbonyl (C=O) groups excluding carboxylic acids is 1. The van der Waals surface area contributed by atoms with Crippen molar-refractivity contribution in [1.82, 2.24) is 4.90 Å². The number of hydrogen-bond donors (Lipinski definition) is 0. The average Bonchev–Trinajstić information content (AvgIpc) is 2.15. The molecule has 0 spiro atoms. The summed E-state index contributed by atoms with van der Waals surface area (Å²) in [5, 5.41) is 0. The van der Waals surface area contributed by atoms with E-state index in [9.17, 15) is 4.79 Å². The summed E-state index contributed by atoms with van der Waals surface area (Å²) < 4.78 is 3.25. The van der Waals surface area contributed by atoms with Crippen LogP contribution in [0.3, 0.4) is 0 Å². The van der Waals surface area contributed by atoms with Crippen molar-refractivity contribution in [2.75, 3.05) is 7.05 Å². The molecule has 1 aliphatic rings. The van der Waals surface area contributed by atoms with Gasteiger partial charge in [0, 0.05) is 0 Å². The minimum atomic E-state index is -1.59. The van der Waals surface area contributed by atoms with Gasteiger partial charge in [-0.15, -0.1) is 0 Å². The maximum Gasteiger partial charge on any atom is 0.324 e. The highest BCUT2D eigenvalue weighted by atomic mass is 35.6. The van der Waals surface area contributed by atoms with E-state index in [4.69, 9.17) is 39.5 Å². The largest absolute Gasteiger partial charge is 0.440 e. The van der Waals surface area contributed by atoms with E-state index in [1.54, 1.807) is 18.9 Å². The average molecular weight is 232 g/mol. The van der Waals surface area contributed by atoms with E-state index in [0.29, 0.717) is 0 Å². The maximum absolute atomic E-state index is 11.0. The second kappa shape index (κ2) is 3.22. The molecule has 0 aromatic heterocycles. The van der Waals surface area contributed by atoms with Crippen molar-refractivity contribution >= 4 is 40.8 Å². The summed E-state index contributed by atoms with van der Waals surface area (Å²) in [6.07, 6.45) is -0.787. The van der Waals surface area contributed by atoms with Gasteiger partial charge in [0.05, 0.1) is 0 Å². The van der Waals surface area contributed by atoms with E-state index in [1.807, 2.05) is 0 Å².